The fourth-order valence-electron chi connectivity index (χ4n) is 2.19. The van der Waals surface area contributed by atoms with Crippen LogP contribution in [0.2, 0.25) is 0 Å². The summed E-state index contributed by atoms with van der Waals surface area (Å²) in [6, 6.07) is 7.69. The van der Waals surface area contributed by atoms with Crippen molar-refractivity contribution < 1.29 is 19.8 Å². The highest BCUT2D eigenvalue weighted by Gasteiger charge is 2.22. The number of carbonyl (C=O) groups is 2. The zero-order chi connectivity index (χ0) is 15.3. The van der Waals surface area contributed by atoms with Crippen LogP contribution in [0, 0.1) is 11.8 Å². The molecule has 0 aliphatic carbocycles. The lowest BCUT2D eigenvalue weighted by atomic mass is 9.81. The van der Waals surface area contributed by atoms with E-state index in [-0.39, 0.29) is 18.3 Å². The van der Waals surface area contributed by atoms with Gasteiger partial charge >= 0.3 is 0 Å². The normalized spacial score (nSPS) is 12.7. The summed E-state index contributed by atoms with van der Waals surface area (Å²) in [5.41, 5.74) is 2.03. The average Bonchev–Trinajstić information content (AvgIpc) is 2.38. The Balaban J connectivity index is 2.98. The second-order valence-electron chi connectivity index (χ2n) is 5.15. The van der Waals surface area contributed by atoms with Crippen LogP contribution in [0.15, 0.2) is 24.3 Å². The lowest BCUT2D eigenvalue weighted by molar-refractivity contribution is -0.332. The van der Waals surface area contributed by atoms with Gasteiger partial charge in [0.2, 0.25) is 0 Å². The second-order valence-corrected chi connectivity index (χ2v) is 5.71. The Morgan fingerprint density at radius 1 is 1.10 bits per heavy atom. The number of carboxylic acid groups (broad SMARTS) is 2. The molecule has 0 aliphatic heterocycles. The van der Waals surface area contributed by atoms with Gasteiger partial charge in [-0.15, -0.1) is 0 Å². The van der Waals surface area contributed by atoms with E-state index in [4.69, 9.17) is 0 Å². The molecule has 0 radical (unpaired) electrons. The van der Waals surface area contributed by atoms with Crippen LogP contribution in [0.4, 0.5) is 0 Å². The maximum atomic E-state index is 10.9. The van der Waals surface area contributed by atoms with Crippen LogP contribution in [-0.2, 0) is 14.9 Å². The molecule has 1 aromatic carbocycles. The number of hydrogen-bond acceptors (Lipinski definition) is 4. The molecule has 0 amide bonds. The smallest absolute Gasteiger partial charge is 0.0501 e. The van der Waals surface area contributed by atoms with Crippen LogP contribution in [0.5, 0.6) is 0 Å². The number of carboxylic acids is 2. The monoisotopic (exact) mass is 340 g/mol. The number of aliphatic carboxylic acids is 2. The molecule has 0 saturated carbocycles. The molecule has 0 aromatic heterocycles. The summed E-state index contributed by atoms with van der Waals surface area (Å²) in [6.45, 7) is 3.87. The maximum Gasteiger partial charge on any atom is 0.0501 e. The van der Waals surface area contributed by atoms with E-state index in [1.54, 1.807) is 0 Å². The van der Waals surface area contributed by atoms with Gasteiger partial charge in [0.15, 0.2) is 0 Å². The fraction of sp³-hybridized carbons (Fsp3) is 0.467. The van der Waals surface area contributed by atoms with Crippen molar-refractivity contribution in [3.05, 3.63) is 35.4 Å². The Kier molecular flexibility index (Phi) is 6.20. The van der Waals surface area contributed by atoms with Crippen molar-refractivity contribution in [1.29, 1.82) is 0 Å². The van der Waals surface area contributed by atoms with E-state index < -0.39 is 17.9 Å². The van der Waals surface area contributed by atoms with E-state index in [2.05, 4.69) is 15.9 Å². The summed E-state index contributed by atoms with van der Waals surface area (Å²) in [5.74, 6) is -4.81. The van der Waals surface area contributed by atoms with Gasteiger partial charge in [0.1, 0.15) is 0 Å². The van der Waals surface area contributed by atoms with Crippen molar-refractivity contribution in [3.8, 4) is 0 Å². The lowest BCUT2D eigenvalue weighted by Gasteiger charge is -2.28. The molecular weight excluding hydrogens is 324 g/mol. The first kappa shape index (κ1) is 16.7. The molecule has 0 fully saturated rings. The highest BCUT2D eigenvalue weighted by Crippen LogP contribution is 2.31. The van der Waals surface area contributed by atoms with Crippen LogP contribution in [0.25, 0.3) is 0 Å². The van der Waals surface area contributed by atoms with Crippen LogP contribution in [0.3, 0.4) is 0 Å². The van der Waals surface area contributed by atoms with Crippen LogP contribution in [0.1, 0.15) is 37.3 Å². The van der Waals surface area contributed by atoms with Crippen molar-refractivity contribution in [2.45, 2.75) is 31.5 Å². The summed E-state index contributed by atoms with van der Waals surface area (Å²) in [4.78, 5) is 21.8. The molecule has 0 heterocycles. The van der Waals surface area contributed by atoms with Gasteiger partial charge in [0.25, 0.3) is 0 Å². The molecule has 0 spiro atoms. The van der Waals surface area contributed by atoms with Crippen LogP contribution < -0.4 is 10.2 Å². The summed E-state index contributed by atoms with van der Waals surface area (Å²) in [7, 11) is 0. The zero-order valence-electron chi connectivity index (χ0n) is 11.5. The third-order valence-electron chi connectivity index (χ3n) is 3.43. The van der Waals surface area contributed by atoms with Gasteiger partial charge in [-0.3, -0.25) is 0 Å². The Labute approximate surface area is 126 Å². The Hall–Kier alpha value is -1.36. The second kappa shape index (κ2) is 7.43. The molecule has 1 rings (SSSR count). The molecule has 0 bridgehead atoms. The van der Waals surface area contributed by atoms with Crippen molar-refractivity contribution in [3.63, 3.8) is 0 Å². The molecule has 0 saturated heterocycles. The largest absolute Gasteiger partial charge is 0.549 e. The molecule has 20 heavy (non-hydrogen) atoms. The number of alkyl halides is 1. The van der Waals surface area contributed by atoms with Crippen LogP contribution >= 0.6 is 15.9 Å². The molecule has 4 nitrogen and oxygen atoms in total. The van der Waals surface area contributed by atoms with Gasteiger partial charge in [0.05, 0.1) is 11.9 Å². The molecule has 1 unspecified atom stereocenters. The number of carbonyl (C=O) groups excluding carboxylic acids is 2. The SMILES string of the molecule is CC(C)C(CC(C(=O)[O-])C(=O)[O-])c1ccc(CBr)cc1. The first-order chi connectivity index (χ1) is 9.36. The summed E-state index contributed by atoms with van der Waals surface area (Å²) < 4.78 is 0. The van der Waals surface area contributed by atoms with Gasteiger partial charge in [-0.25, -0.2) is 0 Å². The highest BCUT2D eigenvalue weighted by molar-refractivity contribution is 9.08. The van der Waals surface area contributed by atoms with Gasteiger partial charge < -0.3 is 19.8 Å². The van der Waals surface area contributed by atoms with Gasteiger partial charge in [-0.1, -0.05) is 54.0 Å². The molecule has 5 heteroatoms. The number of rotatable bonds is 7. The molecule has 0 N–H and O–H groups in total. The molecular formula is C15H17BrO4-2. The Morgan fingerprint density at radius 2 is 1.60 bits per heavy atom. The van der Waals surface area contributed by atoms with E-state index in [1.165, 1.54) is 0 Å². The van der Waals surface area contributed by atoms with E-state index in [1.807, 2.05) is 38.1 Å². The fourth-order valence-corrected chi connectivity index (χ4v) is 2.56. The van der Waals surface area contributed by atoms with Crippen molar-refractivity contribution in [1.82, 2.24) is 0 Å². The van der Waals surface area contributed by atoms with Gasteiger partial charge in [-0.2, -0.15) is 0 Å². The minimum Gasteiger partial charge on any atom is -0.549 e. The topological polar surface area (TPSA) is 80.3 Å². The third kappa shape index (κ3) is 4.34. The summed E-state index contributed by atoms with van der Waals surface area (Å²) in [6.07, 6.45) is -0.0179. The number of halogens is 1. The van der Waals surface area contributed by atoms with E-state index in [0.717, 1.165) is 16.5 Å². The van der Waals surface area contributed by atoms with E-state index >= 15 is 0 Å². The van der Waals surface area contributed by atoms with E-state index in [9.17, 15) is 19.8 Å². The molecule has 1 aromatic rings. The highest BCUT2D eigenvalue weighted by atomic mass is 79.9. The van der Waals surface area contributed by atoms with Crippen LogP contribution in [-0.4, -0.2) is 11.9 Å². The predicted molar refractivity (Wildman–Crippen MR) is 74.8 cm³/mol. The summed E-state index contributed by atoms with van der Waals surface area (Å²) in [5, 5.41) is 22.5. The number of benzene rings is 1. The molecule has 110 valence electrons. The Morgan fingerprint density at radius 3 is 1.95 bits per heavy atom. The lowest BCUT2D eigenvalue weighted by Crippen LogP contribution is -2.44. The zero-order valence-corrected chi connectivity index (χ0v) is 13.1. The molecule has 1 atom stereocenters. The maximum absolute atomic E-state index is 10.9. The van der Waals surface area contributed by atoms with Gasteiger partial charge in [0, 0.05) is 11.2 Å². The minimum absolute atomic E-state index is 0.0179. The molecule has 0 aliphatic rings. The van der Waals surface area contributed by atoms with E-state index in [0.29, 0.717) is 0 Å². The van der Waals surface area contributed by atoms with Crippen molar-refractivity contribution in [2.24, 2.45) is 11.8 Å². The average molecular weight is 341 g/mol. The van der Waals surface area contributed by atoms with Crippen molar-refractivity contribution in [2.75, 3.05) is 0 Å². The first-order valence-electron chi connectivity index (χ1n) is 6.43. The van der Waals surface area contributed by atoms with Crippen molar-refractivity contribution >= 4 is 27.9 Å². The van der Waals surface area contributed by atoms with Gasteiger partial charge in [-0.05, 0) is 29.4 Å². The standard InChI is InChI=1S/C15H19BrO4/c1-9(2)12(7-13(14(17)18)15(19)20)11-5-3-10(8-16)4-6-11/h3-6,9,12-13H,7-8H2,1-2H3,(H,17,18)(H,19,20)/p-2. The third-order valence-corrected chi connectivity index (χ3v) is 4.07. The minimum atomic E-state index is -1.59. The number of hydrogen-bond donors (Lipinski definition) is 0. The predicted octanol–water partition coefficient (Wildman–Crippen LogP) is 0.827. The first-order valence-corrected chi connectivity index (χ1v) is 7.55. The quantitative estimate of drug-likeness (QED) is 0.543. The summed E-state index contributed by atoms with van der Waals surface area (Å²) >= 11 is 3.35. The Bertz CT molecular complexity index is 453.